The van der Waals surface area contributed by atoms with E-state index in [0.29, 0.717) is 33.7 Å². The van der Waals surface area contributed by atoms with Gasteiger partial charge in [0.2, 0.25) is 11.8 Å². The molecule has 35 heavy (non-hydrogen) atoms. The van der Waals surface area contributed by atoms with Crippen LogP contribution in [0.3, 0.4) is 0 Å². The SMILES string of the molecule is CCCC(=O)N1CCN(c2ccc(NC(=O)/C=C/c3ccc(-c4ccc(Cl)cc4Cl)o3)cc2)CC1. The molecule has 2 heterocycles. The molecule has 4 rings (SSSR count). The van der Waals surface area contributed by atoms with Gasteiger partial charge in [0.05, 0.1) is 5.02 Å². The van der Waals surface area contributed by atoms with Crippen molar-refractivity contribution in [3.05, 3.63) is 76.5 Å². The Balaban J connectivity index is 1.30. The monoisotopic (exact) mass is 511 g/mol. The number of rotatable bonds is 7. The van der Waals surface area contributed by atoms with Crippen LogP contribution < -0.4 is 10.2 Å². The lowest BCUT2D eigenvalue weighted by atomic mass is 10.2. The van der Waals surface area contributed by atoms with Crippen molar-refractivity contribution in [2.75, 3.05) is 36.4 Å². The lowest BCUT2D eigenvalue weighted by molar-refractivity contribution is -0.131. The molecular weight excluding hydrogens is 485 g/mol. The number of furan rings is 1. The smallest absolute Gasteiger partial charge is 0.248 e. The molecule has 8 heteroatoms. The van der Waals surface area contributed by atoms with Crippen molar-refractivity contribution < 1.29 is 14.0 Å². The molecule has 182 valence electrons. The fourth-order valence-corrected chi connectivity index (χ4v) is 4.46. The van der Waals surface area contributed by atoms with Crippen molar-refractivity contribution >= 4 is 52.5 Å². The van der Waals surface area contributed by atoms with Gasteiger partial charge in [-0.15, -0.1) is 0 Å². The molecule has 6 nitrogen and oxygen atoms in total. The molecule has 0 unspecified atom stereocenters. The van der Waals surface area contributed by atoms with Gasteiger partial charge in [-0.05, 0) is 67.1 Å². The van der Waals surface area contributed by atoms with Crippen LogP contribution in [-0.2, 0) is 9.59 Å². The summed E-state index contributed by atoms with van der Waals surface area (Å²) in [6.07, 6.45) is 4.52. The highest BCUT2D eigenvalue weighted by Gasteiger charge is 2.20. The third kappa shape index (κ3) is 6.47. The van der Waals surface area contributed by atoms with Crippen LogP contribution in [0, 0.1) is 0 Å². The topological polar surface area (TPSA) is 65.8 Å². The van der Waals surface area contributed by atoms with Gasteiger partial charge in [-0.3, -0.25) is 9.59 Å². The zero-order valence-corrected chi connectivity index (χ0v) is 21.0. The van der Waals surface area contributed by atoms with Gasteiger partial charge in [-0.25, -0.2) is 0 Å². The summed E-state index contributed by atoms with van der Waals surface area (Å²) in [5, 5.41) is 3.91. The molecule has 0 atom stereocenters. The van der Waals surface area contributed by atoms with Gasteiger partial charge in [0.1, 0.15) is 11.5 Å². The number of nitrogens with zero attached hydrogens (tertiary/aromatic N) is 2. The minimum Gasteiger partial charge on any atom is -0.457 e. The molecule has 2 amide bonds. The number of benzene rings is 2. The second kappa shape index (κ2) is 11.5. The Labute approximate surface area is 215 Å². The first-order valence-corrected chi connectivity index (χ1v) is 12.4. The first-order valence-electron chi connectivity index (χ1n) is 11.6. The third-order valence-corrected chi connectivity index (χ3v) is 6.37. The van der Waals surface area contributed by atoms with Crippen LogP contribution in [0.5, 0.6) is 0 Å². The van der Waals surface area contributed by atoms with Gasteiger partial charge in [0, 0.05) is 60.6 Å². The van der Waals surface area contributed by atoms with E-state index >= 15 is 0 Å². The molecule has 1 fully saturated rings. The van der Waals surface area contributed by atoms with Crippen molar-refractivity contribution in [3.8, 4) is 11.3 Å². The Morgan fingerprint density at radius 2 is 1.74 bits per heavy atom. The van der Waals surface area contributed by atoms with Gasteiger partial charge < -0.3 is 19.5 Å². The van der Waals surface area contributed by atoms with E-state index in [2.05, 4.69) is 10.2 Å². The van der Waals surface area contributed by atoms with E-state index < -0.39 is 0 Å². The van der Waals surface area contributed by atoms with Gasteiger partial charge >= 0.3 is 0 Å². The number of halogens is 2. The zero-order valence-electron chi connectivity index (χ0n) is 19.5. The van der Waals surface area contributed by atoms with Crippen LogP contribution in [-0.4, -0.2) is 42.9 Å². The summed E-state index contributed by atoms with van der Waals surface area (Å²) < 4.78 is 5.79. The van der Waals surface area contributed by atoms with Crippen LogP contribution in [0.25, 0.3) is 17.4 Å². The average Bonchev–Trinajstić information content (AvgIpc) is 3.32. The molecular formula is C27H27Cl2N3O3. The predicted molar refractivity (Wildman–Crippen MR) is 142 cm³/mol. The van der Waals surface area contributed by atoms with E-state index in [1.54, 1.807) is 36.4 Å². The minimum absolute atomic E-state index is 0.234. The van der Waals surface area contributed by atoms with Gasteiger partial charge in [-0.2, -0.15) is 0 Å². The molecule has 1 aliphatic rings. The summed E-state index contributed by atoms with van der Waals surface area (Å²) in [6.45, 7) is 5.10. The molecule has 1 aliphatic heterocycles. The molecule has 1 saturated heterocycles. The standard InChI is InChI=1S/C27H27Cl2N3O3/c1-2-3-27(34)32-16-14-31(15-17-32)21-7-5-20(6-8-21)30-26(33)13-10-22-9-12-25(35-22)23-11-4-19(28)18-24(23)29/h4-13,18H,2-3,14-17H2,1H3,(H,30,33)/b13-10+. The fraction of sp³-hybridized carbons (Fsp3) is 0.259. The van der Waals surface area contributed by atoms with Crippen LogP contribution >= 0.6 is 23.2 Å². The highest BCUT2D eigenvalue weighted by molar-refractivity contribution is 6.36. The van der Waals surface area contributed by atoms with Crippen LogP contribution in [0.2, 0.25) is 10.0 Å². The second-order valence-corrected chi connectivity index (χ2v) is 9.16. The maximum Gasteiger partial charge on any atom is 0.248 e. The number of amides is 2. The average molecular weight is 512 g/mol. The molecule has 1 aromatic heterocycles. The van der Waals surface area contributed by atoms with E-state index in [9.17, 15) is 9.59 Å². The van der Waals surface area contributed by atoms with Gasteiger partial charge in [0.15, 0.2) is 0 Å². The van der Waals surface area contributed by atoms with Crippen molar-refractivity contribution in [1.29, 1.82) is 0 Å². The normalized spacial score (nSPS) is 13.9. The largest absolute Gasteiger partial charge is 0.457 e. The maximum absolute atomic E-state index is 12.4. The summed E-state index contributed by atoms with van der Waals surface area (Å²) in [5.74, 6) is 1.10. The Morgan fingerprint density at radius 1 is 1.00 bits per heavy atom. The van der Waals surface area contributed by atoms with Crippen molar-refractivity contribution in [2.45, 2.75) is 19.8 Å². The summed E-state index contributed by atoms with van der Waals surface area (Å²) >= 11 is 12.2. The molecule has 1 N–H and O–H groups in total. The number of piperazine rings is 1. The van der Waals surface area contributed by atoms with E-state index in [1.165, 1.54) is 6.08 Å². The zero-order chi connectivity index (χ0) is 24.8. The van der Waals surface area contributed by atoms with Crippen molar-refractivity contribution in [1.82, 2.24) is 4.90 Å². The van der Waals surface area contributed by atoms with Crippen LogP contribution in [0.1, 0.15) is 25.5 Å². The number of hydrogen-bond acceptors (Lipinski definition) is 4. The maximum atomic E-state index is 12.4. The fourth-order valence-electron chi connectivity index (χ4n) is 3.96. The first kappa shape index (κ1) is 24.9. The molecule has 0 radical (unpaired) electrons. The molecule has 0 bridgehead atoms. The van der Waals surface area contributed by atoms with Crippen LogP contribution in [0.4, 0.5) is 11.4 Å². The van der Waals surface area contributed by atoms with E-state index in [1.807, 2.05) is 36.1 Å². The molecule has 0 aliphatic carbocycles. The van der Waals surface area contributed by atoms with Crippen molar-refractivity contribution in [2.24, 2.45) is 0 Å². The van der Waals surface area contributed by atoms with E-state index in [0.717, 1.165) is 43.9 Å². The molecule has 0 spiro atoms. The first-order chi connectivity index (χ1) is 16.9. The van der Waals surface area contributed by atoms with Crippen molar-refractivity contribution in [3.63, 3.8) is 0 Å². The third-order valence-electron chi connectivity index (χ3n) is 5.82. The van der Waals surface area contributed by atoms with Crippen LogP contribution in [0.15, 0.2) is 65.1 Å². The summed E-state index contributed by atoms with van der Waals surface area (Å²) in [5.41, 5.74) is 2.51. The number of hydrogen-bond donors (Lipinski definition) is 1. The molecule has 3 aromatic rings. The number of anilines is 2. The number of nitrogens with one attached hydrogen (secondary N) is 1. The number of carbonyl (C=O) groups excluding carboxylic acids is 2. The summed E-state index contributed by atoms with van der Waals surface area (Å²) in [7, 11) is 0. The molecule has 0 saturated carbocycles. The quantitative estimate of drug-likeness (QED) is 0.375. The lowest BCUT2D eigenvalue weighted by Gasteiger charge is -2.36. The summed E-state index contributed by atoms with van der Waals surface area (Å²) in [6, 6.07) is 16.5. The second-order valence-electron chi connectivity index (χ2n) is 8.31. The van der Waals surface area contributed by atoms with E-state index in [4.69, 9.17) is 27.6 Å². The molecule has 2 aromatic carbocycles. The highest BCUT2D eigenvalue weighted by Crippen LogP contribution is 2.31. The van der Waals surface area contributed by atoms with Gasteiger partial charge in [0.25, 0.3) is 0 Å². The number of carbonyl (C=O) groups is 2. The lowest BCUT2D eigenvalue weighted by Crippen LogP contribution is -2.48. The Hall–Kier alpha value is -3.22. The Morgan fingerprint density at radius 3 is 2.43 bits per heavy atom. The summed E-state index contributed by atoms with van der Waals surface area (Å²) in [4.78, 5) is 28.6. The Bertz CT molecular complexity index is 1210. The minimum atomic E-state index is -0.261. The predicted octanol–water partition coefficient (Wildman–Crippen LogP) is 6.35. The Kier molecular flexibility index (Phi) is 8.16. The van der Waals surface area contributed by atoms with Gasteiger partial charge in [-0.1, -0.05) is 30.1 Å². The van der Waals surface area contributed by atoms with E-state index in [-0.39, 0.29) is 11.8 Å². The highest BCUT2D eigenvalue weighted by atomic mass is 35.5.